The third-order valence-corrected chi connectivity index (χ3v) is 3.54. The number of benzene rings is 2. The molecule has 0 aliphatic heterocycles. The highest BCUT2D eigenvalue weighted by Gasteiger charge is 2.18. The summed E-state index contributed by atoms with van der Waals surface area (Å²) in [5, 5.41) is 38.0. The monoisotopic (exact) mass is 340 g/mol. The van der Waals surface area contributed by atoms with Gasteiger partial charge in [0.2, 0.25) is 5.88 Å². The Kier molecular flexibility index (Phi) is 4.23. The number of aromatic amines is 1. The number of amides is 1. The van der Waals surface area contributed by atoms with Gasteiger partial charge in [-0.05, 0) is 11.6 Å². The van der Waals surface area contributed by atoms with Gasteiger partial charge < -0.3 is 15.2 Å². The molecule has 0 aliphatic carbocycles. The number of azo groups is 1. The van der Waals surface area contributed by atoms with E-state index in [1.165, 1.54) is 18.2 Å². The van der Waals surface area contributed by atoms with Gasteiger partial charge in [-0.3, -0.25) is 14.9 Å². The van der Waals surface area contributed by atoms with Crippen LogP contribution in [0.25, 0.3) is 10.9 Å². The Bertz CT molecular complexity index is 981. The van der Waals surface area contributed by atoms with Crippen molar-refractivity contribution in [2.75, 3.05) is 0 Å². The Hall–Kier alpha value is -3.59. The number of fused-ring (bicyclic) bond motifs is 1. The Balaban J connectivity index is 1.92. The summed E-state index contributed by atoms with van der Waals surface area (Å²) >= 11 is 0. The number of aliphatic hydroxyl groups excluding tert-OH is 1. The van der Waals surface area contributed by atoms with E-state index in [0.717, 1.165) is 0 Å². The van der Waals surface area contributed by atoms with Crippen molar-refractivity contribution in [2.24, 2.45) is 10.2 Å². The van der Waals surface area contributed by atoms with Crippen LogP contribution < -0.4 is 0 Å². The van der Waals surface area contributed by atoms with Crippen LogP contribution in [0.2, 0.25) is 0 Å². The van der Waals surface area contributed by atoms with Crippen LogP contribution in [0.1, 0.15) is 11.7 Å². The third kappa shape index (κ3) is 3.21. The van der Waals surface area contributed by atoms with Crippen LogP contribution in [0.15, 0.2) is 58.8 Å². The molecule has 2 aromatic carbocycles. The number of aliphatic hydroxyl groups is 1. The maximum absolute atomic E-state index is 12.0. The lowest BCUT2D eigenvalue weighted by atomic mass is 10.1. The van der Waals surface area contributed by atoms with Crippen LogP contribution in [0.5, 0.6) is 5.88 Å². The van der Waals surface area contributed by atoms with Crippen LogP contribution in [-0.4, -0.2) is 26.0 Å². The minimum Gasteiger partial charge on any atom is -0.493 e. The molecule has 25 heavy (non-hydrogen) atoms. The number of carbonyl (C=O) groups excluding carboxylic acids is 1. The van der Waals surface area contributed by atoms with Crippen molar-refractivity contribution in [3.63, 3.8) is 0 Å². The molecule has 126 valence electrons. The molecular weight excluding hydrogens is 328 g/mol. The van der Waals surface area contributed by atoms with Crippen molar-refractivity contribution < 1.29 is 19.9 Å². The second kappa shape index (κ2) is 6.49. The molecule has 0 saturated heterocycles. The molecule has 0 radical (unpaired) electrons. The lowest BCUT2D eigenvalue weighted by Gasteiger charge is -2.04. The number of hydrogen-bond acceptors (Lipinski definition) is 6. The largest absolute Gasteiger partial charge is 0.493 e. The average Bonchev–Trinajstić information content (AvgIpc) is 2.94. The predicted octanol–water partition coefficient (Wildman–Crippen LogP) is 3.13. The van der Waals surface area contributed by atoms with Crippen LogP contribution in [-0.2, 0) is 4.79 Å². The first-order valence-corrected chi connectivity index (χ1v) is 7.15. The van der Waals surface area contributed by atoms with Gasteiger partial charge in [-0.25, -0.2) is 0 Å². The number of H-pyrrole nitrogens is 1. The number of nitro benzene ring substituents is 1. The van der Waals surface area contributed by atoms with Gasteiger partial charge in [0, 0.05) is 17.5 Å². The van der Waals surface area contributed by atoms with E-state index in [1.54, 1.807) is 30.3 Å². The summed E-state index contributed by atoms with van der Waals surface area (Å²) in [7, 11) is 0. The Morgan fingerprint density at radius 1 is 1.20 bits per heavy atom. The van der Waals surface area contributed by atoms with Gasteiger partial charge in [0.1, 0.15) is 0 Å². The van der Waals surface area contributed by atoms with E-state index in [1.807, 2.05) is 0 Å². The summed E-state index contributed by atoms with van der Waals surface area (Å²) in [5.74, 6) is -1.31. The van der Waals surface area contributed by atoms with Crippen LogP contribution in [0.3, 0.4) is 0 Å². The van der Waals surface area contributed by atoms with Crippen LogP contribution in [0, 0.1) is 10.1 Å². The van der Waals surface area contributed by atoms with Crippen molar-refractivity contribution in [1.82, 2.24) is 4.98 Å². The summed E-state index contributed by atoms with van der Waals surface area (Å²) in [4.78, 5) is 24.8. The van der Waals surface area contributed by atoms with Crippen molar-refractivity contribution >= 4 is 28.2 Å². The van der Waals surface area contributed by atoms with E-state index in [9.17, 15) is 25.1 Å². The first kappa shape index (κ1) is 16.3. The van der Waals surface area contributed by atoms with Gasteiger partial charge >= 0.3 is 0 Å². The van der Waals surface area contributed by atoms with Gasteiger partial charge in [-0.2, -0.15) is 0 Å². The fourth-order valence-electron chi connectivity index (χ4n) is 2.30. The van der Waals surface area contributed by atoms with E-state index in [0.29, 0.717) is 11.1 Å². The lowest BCUT2D eigenvalue weighted by molar-refractivity contribution is -0.384. The minimum atomic E-state index is -1.49. The molecule has 0 fully saturated rings. The Labute approximate surface area is 140 Å². The molecule has 1 heterocycles. The second-order valence-electron chi connectivity index (χ2n) is 5.16. The molecule has 1 aromatic heterocycles. The Morgan fingerprint density at radius 3 is 2.60 bits per heavy atom. The molecule has 0 unspecified atom stereocenters. The molecule has 3 N–H and O–H groups in total. The van der Waals surface area contributed by atoms with Gasteiger partial charge in [0.15, 0.2) is 11.8 Å². The highest BCUT2D eigenvalue weighted by atomic mass is 16.6. The summed E-state index contributed by atoms with van der Waals surface area (Å²) in [6, 6.07) is 12.1. The fraction of sp³-hybridized carbons (Fsp3) is 0.0625. The molecule has 0 bridgehead atoms. The standard InChI is InChI=1S/C16H12N4O5/c21-14(9-4-2-1-3-5-9)16(23)19-18-13-11-8-10(20(24)25)6-7-12(11)17-15(13)22/h1-8,14,17,21-22H/t14-/m1/s1. The van der Waals surface area contributed by atoms with Crippen molar-refractivity contribution in [1.29, 1.82) is 0 Å². The number of nitrogens with zero attached hydrogens (tertiary/aromatic N) is 3. The highest BCUT2D eigenvalue weighted by Crippen LogP contribution is 2.37. The zero-order valence-corrected chi connectivity index (χ0v) is 12.7. The smallest absolute Gasteiger partial charge is 0.297 e. The van der Waals surface area contributed by atoms with E-state index < -0.39 is 16.9 Å². The average molecular weight is 340 g/mol. The zero-order chi connectivity index (χ0) is 18.0. The first-order chi connectivity index (χ1) is 12.0. The van der Waals surface area contributed by atoms with Gasteiger partial charge in [-0.1, -0.05) is 30.3 Å². The molecule has 1 amide bonds. The van der Waals surface area contributed by atoms with Gasteiger partial charge in [0.05, 0.1) is 10.4 Å². The molecule has 0 spiro atoms. The summed E-state index contributed by atoms with van der Waals surface area (Å²) in [5.41, 5.74) is 0.434. The number of nitro groups is 1. The van der Waals surface area contributed by atoms with Crippen molar-refractivity contribution in [3.05, 3.63) is 64.2 Å². The number of hydrogen-bond donors (Lipinski definition) is 3. The quantitative estimate of drug-likeness (QED) is 0.380. The number of aromatic nitrogens is 1. The van der Waals surface area contributed by atoms with E-state index in [4.69, 9.17) is 0 Å². The van der Waals surface area contributed by atoms with Crippen LogP contribution in [0.4, 0.5) is 11.4 Å². The number of nitrogens with one attached hydrogen (secondary N) is 1. The molecule has 3 aromatic rings. The molecule has 1 atom stereocenters. The normalized spacial score (nSPS) is 12.5. The first-order valence-electron chi connectivity index (χ1n) is 7.15. The molecule has 3 rings (SSSR count). The number of rotatable bonds is 4. The van der Waals surface area contributed by atoms with Gasteiger partial charge in [0.25, 0.3) is 11.6 Å². The van der Waals surface area contributed by atoms with Crippen LogP contribution >= 0.6 is 0 Å². The second-order valence-corrected chi connectivity index (χ2v) is 5.16. The number of carbonyl (C=O) groups is 1. The fourth-order valence-corrected chi connectivity index (χ4v) is 2.30. The minimum absolute atomic E-state index is 0.118. The topological polar surface area (TPSA) is 141 Å². The molecule has 0 aliphatic rings. The molecule has 9 nitrogen and oxygen atoms in total. The molecule has 0 saturated carbocycles. The zero-order valence-electron chi connectivity index (χ0n) is 12.7. The lowest BCUT2D eigenvalue weighted by Crippen LogP contribution is -2.08. The SMILES string of the molecule is O=C(N=Nc1c(O)[nH]c2ccc([N+](=O)[O-])cc12)[C@H](O)c1ccccc1. The summed E-state index contributed by atoms with van der Waals surface area (Å²) in [6.45, 7) is 0. The predicted molar refractivity (Wildman–Crippen MR) is 87.5 cm³/mol. The molecule has 9 heteroatoms. The molecular formula is C16H12N4O5. The maximum atomic E-state index is 12.0. The van der Waals surface area contributed by atoms with Crippen molar-refractivity contribution in [2.45, 2.75) is 6.10 Å². The number of non-ortho nitro benzene ring substituents is 1. The summed E-state index contributed by atoms with van der Waals surface area (Å²) < 4.78 is 0. The van der Waals surface area contributed by atoms with E-state index in [-0.39, 0.29) is 22.6 Å². The summed E-state index contributed by atoms with van der Waals surface area (Å²) in [6.07, 6.45) is -1.49. The van der Waals surface area contributed by atoms with Crippen molar-refractivity contribution in [3.8, 4) is 5.88 Å². The van der Waals surface area contributed by atoms with E-state index >= 15 is 0 Å². The third-order valence-electron chi connectivity index (χ3n) is 3.54. The number of aromatic hydroxyl groups is 1. The Morgan fingerprint density at radius 2 is 1.92 bits per heavy atom. The maximum Gasteiger partial charge on any atom is 0.297 e. The van der Waals surface area contributed by atoms with E-state index in [2.05, 4.69) is 15.2 Å². The highest BCUT2D eigenvalue weighted by molar-refractivity contribution is 5.96. The van der Waals surface area contributed by atoms with Gasteiger partial charge in [-0.15, -0.1) is 10.2 Å².